The molecule has 1 saturated carbocycles. The molecule has 0 aromatic heterocycles. The van der Waals surface area contributed by atoms with Crippen molar-refractivity contribution in [3.05, 3.63) is 59.2 Å². The Labute approximate surface area is 159 Å². The van der Waals surface area contributed by atoms with Gasteiger partial charge in [0.05, 0.1) is 30.9 Å². The van der Waals surface area contributed by atoms with Gasteiger partial charge in [-0.3, -0.25) is 4.79 Å². The highest BCUT2D eigenvalue weighted by Crippen LogP contribution is 2.40. The number of rotatable bonds is 6. The number of amides is 1. The van der Waals surface area contributed by atoms with Crippen LogP contribution in [0.4, 0.5) is 0 Å². The third-order valence-electron chi connectivity index (χ3n) is 5.41. The number of benzene rings is 2. The number of ether oxygens (including phenoxy) is 2. The molecule has 0 bridgehead atoms. The minimum atomic E-state index is -0.275. The molecular formula is C22H25NO4. The largest absolute Gasteiger partial charge is 0.493 e. The molecule has 1 fully saturated rings. The smallest absolute Gasteiger partial charge is 0.255 e. The summed E-state index contributed by atoms with van der Waals surface area (Å²) >= 11 is 0. The molecule has 5 nitrogen and oxygen atoms in total. The van der Waals surface area contributed by atoms with Crippen LogP contribution in [0.15, 0.2) is 42.5 Å². The molecule has 1 heterocycles. The minimum absolute atomic E-state index is 0.138. The van der Waals surface area contributed by atoms with E-state index in [2.05, 4.69) is 11.4 Å². The van der Waals surface area contributed by atoms with Gasteiger partial charge in [0.2, 0.25) is 0 Å². The molecule has 4 rings (SSSR count). The van der Waals surface area contributed by atoms with Crippen LogP contribution < -0.4 is 14.8 Å². The van der Waals surface area contributed by atoms with Crippen LogP contribution in [0, 0.1) is 5.92 Å². The normalized spacial score (nSPS) is 21.6. The van der Waals surface area contributed by atoms with E-state index in [0.29, 0.717) is 37.4 Å². The zero-order valence-electron chi connectivity index (χ0n) is 15.5. The van der Waals surface area contributed by atoms with Crippen LogP contribution in [0.5, 0.6) is 11.5 Å². The van der Waals surface area contributed by atoms with Crippen LogP contribution in [0.2, 0.25) is 0 Å². The number of para-hydroxylation sites is 1. The number of hydrogen-bond donors (Lipinski definition) is 2. The maximum absolute atomic E-state index is 13.0. The first-order valence-electron chi connectivity index (χ1n) is 9.62. The number of carbonyl (C=O) groups is 1. The second kappa shape index (κ2) is 7.61. The van der Waals surface area contributed by atoms with E-state index >= 15 is 0 Å². The Kier molecular flexibility index (Phi) is 5.03. The number of carbonyl (C=O) groups excluding carboxylic acids is 1. The van der Waals surface area contributed by atoms with E-state index in [1.165, 1.54) is 5.56 Å². The van der Waals surface area contributed by atoms with Gasteiger partial charge in [-0.05, 0) is 61.1 Å². The molecule has 0 spiro atoms. The summed E-state index contributed by atoms with van der Waals surface area (Å²) in [5, 5.41) is 13.0. The van der Waals surface area contributed by atoms with Gasteiger partial charge < -0.3 is 19.9 Å². The van der Waals surface area contributed by atoms with Crippen molar-refractivity contribution in [1.82, 2.24) is 5.32 Å². The Bertz CT molecular complexity index is 829. The Morgan fingerprint density at radius 2 is 2.11 bits per heavy atom. The Morgan fingerprint density at radius 1 is 1.30 bits per heavy atom. The summed E-state index contributed by atoms with van der Waals surface area (Å²) in [6, 6.07) is 13.3. The van der Waals surface area contributed by atoms with Gasteiger partial charge >= 0.3 is 0 Å². The third-order valence-corrected chi connectivity index (χ3v) is 5.41. The summed E-state index contributed by atoms with van der Waals surface area (Å²) in [6.07, 6.45) is 2.02. The summed E-state index contributed by atoms with van der Waals surface area (Å²) in [5.41, 5.74) is 2.79. The Morgan fingerprint density at radius 3 is 2.89 bits per heavy atom. The molecule has 1 amide bonds. The third kappa shape index (κ3) is 3.65. The average molecular weight is 367 g/mol. The minimum Gasteiger partial charge on any atom is -0.493 e. The van der Waals surface area contributed by atoms with Gasteiger partial charge in [-0.2, -0.15) is 0 Å². The first kappa shape index (κ1) is 17.9. The molecular weight excluding hydrogens is 342 g/mol. The lowest BCUT2D eigenvalue weighted by Gasteiger charge is -2.38. The van der Waals surface area contributed by atoms with E-state index in [0.717, 1.165) is 17.7 Å². The van der Waals surface area contributed by atoms with Gasteiger partial charge in [0.1, 0.15) is 11.5 Å². The fourth-order valence-electron chi connectivity index (χ4n) is 3.93. The van der Waals surface area contributed by atoms with Crippen molar-refractivity contribution >= 4 is 5.91 Å². The van der Waals surface area contributed by atoms with Crippen molar-refractivity contribution in [2.75, 3.05) is 13.2 Å². The standard InChI is InChI=1S/C22H25NO4/c1-2-26-20-6-4-3-5-18(20)22(25)23-21(16-12-17(24)13-16)15-7-8-19-14(11-15)9-10-27-19/h3-8,11,16-17,21,24H,2,9-10,12-13H2,1H3,(H,23,25)/t16?,17?,21-/m0/s1. The first-order valence-corrected chi connectivity index (χ1v) is 9.62. The highest BCUT2D eigenvalue weighted by molar-refractivity contribution is 5.97. The van der Waals surface area contributed by atoms with Crippen molar-refractivity contribution in [1.29, 1.82) is 0 Å². The van der Waals surface area contributed by atoms with Gasteiger partial charge in [-0.25, -0.2) is 0 Å². The molecule has 1 aliphatic carbocycles. The number of nitrogens with one attached hydrogen (secondary N) is 1. The van der Waals surface area contributed by atoms with Crippen LogP contribution in [-0.2, 0) is 6.42 Å². The summed E-state index contributed by atoms with van der Waals surface area (Å²) in [6.45, 7) is 3.12. The number of fused-ring (bicyclic) bond motifs is 1. The predicted molar refractivity (Wildman–Crippen MR) is 102 cm³/mol. The monoisotopic (exact) mass is 367 g/mol. The molecule has 27 heavy (non-hydrogen) atoms. The van der Waals surface area contributed by atoms with Crippen molar-refractivity contribution in [2.24, 2.45) is 5.92 Å². The summed E-state index contributed by atoms with van der Waals surface area (Å²) in [4.78, 5) is 13.0. The molecule has 1 atom stereocenters. The molecule has 1 aliphatic heterocycles. The van der Waals surface area contributed by atoms with E-state index in [1.807, 2.05) is 37.3 Å². The van der Waals surface area contributed by atoms with Crippen LogP contribution in [-0.4, -0.2) is 30.3 Å². The molecule has 0 radical (unpaired) electrons. The predicted octanol–water partition coefficient (Wildman–Crippen LogP) is 3.26. The molecule has 2 aromatic rings. The summed E-state index contributed by atoms with van der Waals surface area (Å²) in [7, 11) is 0. The molecule has 2 aromatic carbocycles. The van der Waals surface area contributed by atoms with Crippen molar-refractivity contribution in [3.8, 4) is 11.5 Å². The average Bonchev–Trinajstić information content (AvgIpc) is 3.12. The van der Waals surface area contributed by atoms with Gasteiger partial charge in [0, 0.05) is 6.42 Å². The van der Waals surface area contributed by atoms with Gasteiger partial charge in [-0.15, -0.1) is 0 Å². The SMILES string of the molecule is CCOc1ccccc1C(=O)N[C@@H](c1ccc2c(c1)CCO2)C1CC(O)C1. The van der Waals surface area contributed by atoms with Crippen LogP contribution >= 0.6 is 0 Å². The van der Waals surface area contributed by atoms with E-state index < -0.39 is 0 Å². The topological polar surface area (TPSA) is 67.8 Å². The zero-order valence-corrected chi connectivity index (χ0v) is 15.5. The quantitative estimate of drug-likeness (QED) is 0.822. The molecule has 5 heteroatoms. The Hall–Kier alpha value is -2.53. The first-order chi connectivity index (χ1) is 13.2. The number of hydrogen-bond acceptors (Lipinski definition) is 4. The lowest BCUT2D eigenvalue weighted by Crippen LogP contribution is -2.41. The highest BCUT2D eigenvalue weighted by Gasteiger charge is 2.36. The fraction of sp³-hybridized carbons (Fsp3) is 0.409. The second-order valence-corrected chi connectivity index (χ2v) is 7.23. The van der Waals surface area contributed by atoms with E-state index in [1.54, 1.807) is 6.07 Å². The summed E-state index contributed by atoms with van der Waals surface area (Å²) < 4.78 is 11.2. The molecule has 0 unspecified atom stereocenters. The molecule has 2 N–H and O–H groups in total. The van der Waals surface area contributed by atoms with Gasteiger partial charge in [-0.1, -0.05) is 18.2 Å². The maximum atomic E-state index is 13.0. The van der Waals surface area contributed by atoms with Gasteiger partial charge in [0.25, 0.3) is 5.91 Å². The molecule has 0 saturated heterocycles. The second-order valence-electron chi connectivity index (χ2n) is 7.23. The van der Waals surface area contributed by atoms with Crippen LogP contribution in [0.25, 0.3) is 0 Å². The fourth-order valence-corrected chi connectivity index (χ4v) is 3.93. The molecule has 2 aliphatic rings. The molecule has 142 valence electrons. The lowest BCUT2D eigenvalue weighted by molar-refractivity contribution is 0.0235. The number of aliphatic hydroxyl groups excluding tert-OH is 1. The van der Waals surface area contributed by atoms with Gasteiger partial charge in [0.15, 0.2) is 0 Å². The van der Waals surface area contributed by atoms with Crippen molar-refractivity contribution < 1.29 is 19.4 Å². The van der Waals surface area contributed by atoms with Crippen LogP contribution in [0.3, 0.4) is 0 Å². The highest BCUT2D eigenvalue weighted by atomic mass is 16.5. The Balaban J connectivity index is 1.59. The van der Waals surface area contributed by atoms with E-state index in [4.69, 9.17) is 9.47 Å². The van der Waals surface area contributed by atoms with Crippen LogP contribution in [0.1, 0.15) is 47.3 Å². The van der Waals surface area contributed by atoms with E-state index in [-0.39, 0.29) is 24.0 Å². The van der Waals surface area contributed by atoms with E-state index in [9.17, 15) is 9.90 Å². The number of aliphatic hydroxyl groups is 1. The lowest BCUT2D eigenvalue weighted by atomic mass is 9.74. The van der Waals surface area contributed by atoms with Crippen molar-refractivity contribution in [3.63, 3.8) is 0 Å². The summed E-state index contributed by atoms with van der Waals surface area (Å²) in [5.74, 6) is 1.59. The maximum Gasteiger partial charge on any atom is 0.255 e. The zero-order chi connectivity index (χ0) is 18.8. The van der Waals surface area contributed by atoms with Crippen molar-refractivity contribution in [2.45, 2.75) is 38.3 Å².